The third-order valence-corrected chi connectivity index (χ3v) is 6.16. The monoisotopic (exact) mass is 449 g/mol. The highest BCUT2D eigenvalue weighted by Crippen LogP contribution is 2.39. The second-order valence-electron chi connectivity index (χ2n) is 7.21. The van der Waals surface area contributed by atoms with E-state index in [2.05, 4.69) is 15.3 Å². The van der Waals surface area contributed by atoms with E-state index >= 15 is 0 Å². The highest BCUT2D eigenvalue weighted by molar-refractivity contribution is 7.17. The molecule has 3 aromatic rings. The van der Waals surface area contributed by atoms with Gasteiger partial charge in [0.1, 0.15) is 5.00 Å². The highest BCUT2D eigenvalue weighted by Gasteiger charge is 2.27. The minimum Gasteiger partial charge on any atom is -0.449 e. The van der Waals surface area contributed by atoms with Crippen molar-refractivity contribution >= 4 is 40.1 Å². The van der Waals surface area contributed by atoms with Crippen molar-refractivity contribution in [1.29, 1.82) is 0 Å². The first kappa shape index (κ1) is 21.5. The molecule has 4 rings (SSSR count). The molecule has 0 bridgehead atoms. The van der Waals surface area contributed by atoms with E-state index in [0.717, 1.165) is 21.7 Å². The first-order valence-electron chi connectivity index (χ1n) is 10.2. The summed E-state index contributed by atoms with van der Waals surface area (Å²) in [6.07, 6.45) is 9.03. The lowest BCUT2D eigenvalue weighted by molar-refractivity contribution is -0.111. The minimum absolute atomic E-state index is 0.273. The van der Waals surface area contributed by atoms with Gasteiger partial charge in [-0.1, -0.05) is 12.1 Å². The van der Waals surface area contributed by atoms with Gasteiger partial charge in [-0.25, -0.2) is 4.79 Å². The summed E-state index contributed by atoms with van der Waals surface area (Å²) in [4.78, 5) is 35.6. The number of hydrogen-bond acceptors (Lipinski definition) is 7. The standard InChI is InChI=1S/C23H23N5O3S/c24-21-18-8-12-28(23(30)31-13-9-17-5-1-2-11-26-17)15-19(18)32-22(21)27-20(29)7-6-16-4-3-10-25-14-16/h1-7,10-11,14H,8-9,12-13,15,24H2,(H,27,29)/b7-6+. The number of hydrogen-bond donors (Lipinski definition) is 2. The van der Waals surface area contributed by atoms with E-state index in [1.807, 2.05) is 24.3 Å². The van der Waals surface area contributed by atoms with Crippen molar-refractivity contribution in [3.05, 3.63) is 76.7 Å². The highest BCUT2D eigenvalue weighted by atomic mass is 32.1. The van der Waals surface area contributed by atoms with Crippen LogP contribution in [-0.2, 0) is 28.9 Å². The van der Waals surface area contributed by atoms with E-state index in [1.165, 1.54) is 17.4 Å². The molecule has 32 heavy (non-hydrogen) atoms. The number of fused-ring (bicyclic) bond motifs is 1. The molecule has 0 saturated carbocycles. The van der Waals surface area contributed by atoms with Crippen LogP contribution in [0.3, 0.4) is 0 Å². The Labute approximate surface area is 189 Å². The summed E-state index contributed by atoms with van der Waals surface area (Å²) < 4.78 is 5.41. The average molecular weight is 450 g/mol. The van der Waals surface area contributed by atoms with Gasteiger partial charge in [0.2, 0.25) is 5.91 Å². The van der Waals surface area contributed by atoms with Crippen LogP contribution in [0.4, 0.5) is 15.5 Å². The second-order valence-corrected chi connectivity index (χ2v) is 8.32. The van der Waals surface area contributed by atoms with Gasteiger partial charge in [0.05, 0.1) is 18.8 Å². The lowest BCUT2D eigenvalue weighted by Gasteiger charge is -2.26. The Kier molecular flexibility index (Phi) is 6.76. The van der Waals surface area contributed by atoms with Crippen molar-refractivity contribution in [2.75, 3.05) is 24.2 Å². The molecule has 3 N–H and O–H groups in total. The van der Waals surface area contributed by atoms with Crippen molar-refractivity contribution in [3.63, 3.8) is 0 Å². The fraction of sp³-hybridized carbons (Fsp3) is 0.217. The molecule has 3 aromatic heterocycles. The number of carbonyl (C=O) groups excluding carboxylic acids is 2. The van der Waals surface area contributed by atoms with Crippen molar-refractivity contribution in [2.24, 2.45) is 0 Å². The smallest absolute Gasteiger partial charge is 0.410 e. The molecule has 0 aromatic carbocycles. The molecule has 0 atom stereocenters. The zero-order valence-corrected chi connectivity index (χ0v) is 18.2. The van der Waals surface area contributed by atoms with Gasteiger partial charge in [-0.05, 0) is 41.8 Å². The normalized spacial score (nSPS) is 13.1. The van der Waals surface area contributed by atoms with E-state index in [4.69, 9.17) is 10.5 Å². The van der Waals surface area contributed by atoms with Crippen molar-refractivity contribution in [1.82, 2.24) is 14.9 Å². The molecule has 1 aliphatic rings. The van der Waals surface area contributed by atoms with Gasteiger partial charge in [0.15, 0.2) is 0 Å². The zero-order chi connectivity index (χ0) is 22.3. The maximum atomic E-state index is 12.5. The predicted molar refractivity (Wildman–Crippen MR) is 124 cm³/mol. The predicted octanol–water partition coefficient (Wildman–Crippen LogP) is 3.51. The Hall–Kier alpha value is -3.72. The molecule has 0 fully saturated rings. The van der Waals surface area contributed by atoms with Gasteiger partial charge in [-0.15, -0.1) is 11.3 Å². The average Bonchev–Trinajstić information content (AvgIpc) is 3.13. The number of nitrogens with one attached hydrogen (secondary N) is 1. The number of rotatable bonds is 6. The summed E-state index contributed by atoms with van der Waals surface area (Å²) in [7, 11) is 0. The van der Waals surface area contributed by atoms with Gasteiger partial charge in [-0.2, -0.15) is 0 Å². The number of nitrogen functional groups attached to an aromatic ring is 1. The molecule has 0 unspecified atom stereocenters. The first-order chi connectivity index (χ1) is 15.6. The first-order valence-corrected chi connectivity index (χ1v) is 11.0. The summed E-state index contributed by atoms with van der Waals surface area (Å²) in [6, 6.07) is 9.32. The number of carbonyl (C=O) groups is 2. The topological polar surface area (TPSA) is 110 Å². The lowest BCUT2D eigenvalue weighted by atomic mass is 10.1. The summed E-state index contributed by atoms with van der Waals surface area (Å²) in [5, 5.41) is 3.44. The molecule has 0 saturated heterocycles. The summed E-state index contributed by atoms with van der Waals surface area (Å²) in [5.74, 6) is -0.273. The van der Waals surface area contributed by atoms with Crippen LogP contribution in [0.5, 0.6) is 0 Å². The fourth-order valence-corrected chi connectivity index (χ4v) is 4.54. The van der Waals surface area contributed by atoms with Crippen LogP contribution >= 0.6 is 11.3 Å². The summed E-state index contributed by atoms with van der Waals surface area (Å²) in [5.41, 5.74) is 9.53. The molecule has 1 aliphatic heterocycles. The van der Waals surface area contributed by atoms with Crippen molar-refractivity contribution in [2.45, 2.75) is 19.4 Å². The molecule has 164 valence electrons. The number of pyridine rings is 2. The number of thiophene rings is 1. The van der Waals surface area contributed by atoms with Crippen LogP contribution in [0.2, 0.25) is 0 Å². The maximum Gasteiger partial charge on any atom is 0.410 e. The van der Waals surface area contributed by atoms with Gasteiger partial charge in [0, 0.05) is 48.2 Å². The Morgan fingerprint density at radius 3 is 2.94 bits per heavy atom. The largest absolute Gasteiger partial charge is 0.449 e. The number of anilines is 2. The van der Waals surface area contributed by atoms with Crippen molar-refractivity contribution in [3.8, 4) is 0 Å². The third kappa shape index (κ3) is 5.30. The number of ether oxygens (including phenoxy) is 1. The third-order valence-electron chi connectivity index (χ3n) is 5.01. The molecule has 9 heteroatoms. The maximum absolute atomic E-state index is 12.5. The van der Waals surface area contributed by atoms with Gasteiger partial charge in [-0.3, -0.25) is 14.8 Å². The molecule has 0 spiro atoms. The molecule has 4 heterocycles. The summed E-state index contributed by atoms with van der Waals surface area (Å²) in [6.45, 7) is 1.20. The number of nitrogens with zero attached hydrogens (tertiary/aromatic N) is 3. The number of aromatic nitrogens is 2. The van der Waals surface area contributed by atoms with E-state index in [9.17, 15) is 9.59 Å². The minimum atomic E-state index is -0.358. The number of nitrogens with two attached hydrogens (primary N) is 1. The molecule has 0 aliphatic carbocycles. The van der Waals surface area contributed by atoms with E-state index in [1.54, 1.807) is 35.6 Å². The molecular formula is C23H23N5O3S. The van der Waals surface area contributed by atoms with E-state index in [-0.39, 0.29) is 18.6 Å². The quantitative estimate of drug-likeness (QED) is 0.557. The van der Waals surface area contributed by atoms with E-state index in [0.29, 0.717) is 36.6 Å². The van der Waals surface area contributed by atoms with Gasteiger partial charge < -0.3 is 20.7 Å². The van der Waals surface area contributed by atoms with Gasteiger partial charge in [0.25, 0.3) is 0 Å². The van der Waals surface area contributed by atoms with Crippen LogP contribution < -0.4 is 11.1 Å². The van der Waals surface area contributed by atoms with Gasteiger partial charge >= 0.3 is 6.09 Å². The zero-order valence-electron chi connectivity index (χ0n) is 17.4. The van der Waals surface area contributed by atoms with Crippen LogP contribution in [-0.4, -0.2) is 40.0 Å². The number of amides is 2. The van der Waals surface area contributed by atoms with E-state index < -0.39 is 0 Å². The lowest BCUT2D eigenvalue weighted by Crippen LogP contribution is -2.36. The second kappa shape index (κ2) is 10.1. The Morgan fingerprint density at radius 2 is 2.16 bits per heavy atom. The Balaban J connectivity index is 1.32. The molecule has 8 nitrogen and oxygen atoms in total. The summed E-state index contributed by atoms with van der Waals surface area (Å²) >= 11 is 1.39. The van der Waals surface area contributed by atoms with Crippen LogP contribution in [0.15, 0.2) is 55.0 Å². The molecule has 2 amide bonds. The molecular weight excluding hydrogens is 426 g/mol. The fourth-order valence-electron chi connectivity index (χ4n) is 3.36. The molecule has 0 radical (unpaired) electrons. The van der Waals surface area contributed by atoms with Crippen LogP contribution in [0, 0.1) is 0 Å². The SMILES string of the molecule is Nc1c(NC(=O)/C=C/c2cccnc2)sc2c1CCN(C(=O)OCCc1ccccn1)C2. The van der Waals surface area contributed by atoms with Crippen molar-refractivity contribution < 1.29 is 14.3 Å². The van der Waals surface area contributed by atoms with Crippen LogP contribution in [0.25, 0.3) is 6.08 Å². The van der Waals surface area contributed by atoms with Crippen LogP contribution in [0.1, 0.15) is 21.7 Å². The Bertz CT molecular complexity index is 1120. The Morgan fingerprint density at radius 1 is 1.25 bits per heavy atom.